The van der Waals surface area contributed by atoms with E-state index in [0.29, 0.717) is 5.41 Å². The third-order valence-electron chi connectivity index (χ3n) is 3.97. The first-order valence-corrected chi connectivity index (χ1v) is 4.45. The van der Waals surface area contributed by atoms with Crippen LogP contribution in [0.5, 0.6) is 0 Å². The Bertz CT molecular complexity index is 144. The van der Waals surface area contributed by atoms with Crippen molar-refractivity contribution in [2.24, 2.45) is 23.2 Å². The van der Waals surface area contributed by atoms with Crippen molar-refractivity contribution in [1.29, 1.82) is 0 Å². The molecule has 0 aliphatic heterocycles. The Labute approximate surface area is 64.0 Å². The van der Waals surface area contributed by atoms with Gasteiger partial charge in [0.25, 0.3) is 0 Å². The van der Waals surface area contributed by atoms with Crippen LogP contribution in [0, 0.1) is 29.6 Å². The number of fused-ring (bicyclic) bond motifs is 2. The average Bonchev–Trinajstić information content (AvgIpc) is 1.87. The van der Waals surface area contributed by atoms with Crippen molar-refractivity contribution in [3.63, 3.8) is 0 Å². The van der Waals surface area contributed by atoms with Gasteiger partial charge in [-0.05, 0) is 42.4 Å². The zero-order valence-electron chi connectivity index (χ0n) is 7.22. The van der Waals surface area contributed by atoms with E-state index in [4.69, 9.17) is 0 Å². The molecule has 0 spiro atoms. The van der Waals surface area contributed by atoms with E-state index in [0.717, 1.165) is 17.8 Å². The molecule has 3 aliphatic carbocycles. The van der Waals surface area contributed by atoms with Crippen LogP contribution in [0.3, 0.4) is 0 Å². The maximum Gasteiger partial charge on any atom is -0.0295 e. The second-order valence-electron chi connectivity index (χ2n) is 4.69. The van der Waals surface area contributed by atoms with Crippen LogP contribution in [-0.2, 0) is 0 Å². The highest BCUT2D eigenvalue weighted by Crippen LogP contribution is 2.60. The van der Waals surface area contributed by atoms with E-state index in [1.807, 2.05) is 0 Å². The summed E-state index contributed by atoms with van der Waals surface area (Å²) in [4.78, 5) is 0. The Balaban J connectivity index is 2.16. The van der Waals surface area contributed by atoms with Crippen LogP contribution in [0.25, 0.3) is 0 Å². The summed E-state index contributed by atoms with van der Waals surface area (Å²) in [6.07, 6.45) is 5.40. The van der Waals surface area contributed by atoms with Gasteiger partial charge in [0.1, 0.15) is 0 Å². The van der Waals surface area contributed by atoms with Crippen molar-refractivity contribution in [2.75, 3.05) is 0 Å². The van der Waals surface area contributed by atoms with Crippen LogP contribution in [0.15, 0.2) is 0 Å². The predicted octanol–water partition coefficient (Wildman–Crippen LogP) is 2.89. The first-order chi connectivity index (χ1) is 4.62. The molecule has 0 aromatic heterocycles. The molecule has 1 unspecified atom stereocenters. The van der Waals surface area contributed by atoms with Crippen LogP contribution in [0.1, 0.15) is 33.6 Å². The standard InChI is InChI=1S/C10H17/c1-7-4-5-8-6-9(7)10(8,2)3/h4,7-9H,5-6H2,1-3H3/t7-,8?,9-/m0/s1. The molecule has 57 valence electrons. The Morgan fingerprint density at radius 3 is 2.40 bits per heavy atom. The maximum absolute atomic E-state index is 2.52. The fourth-order valence-electron chi connectivity index (χ4n) is 2.89. The molecule has 0 nitrogen and oxygen atoms in total. The van der Waals surface area contributed by atoms with E-state index in [9.17, 15) is 0 Å². The molecule has 0 aromatic rings. The minimum absolute atomic E-state index is 0.675. The Hall–Kier alpha value is 0. The van der Waals surface area contributed by atoms with E-state index in [2.05, 4.69) is 27.2 Å². The Morgan fingerprint density at radius 1 is 1.40 bits per heavy atom. The normalized spacial score (nSPS) is 50.1. The summed E-state index contributed by atoms with van der Waals surface area (Å²) in [7, 11) is 0. The molecular weight excluding hydrogens is 120 g/mol. The SMILES string of the molecule is C[C@H]1[CH]CC2C[C@@H]1C2(C)C. The van der Waals surface area contributed by atoms with E-state index in [1.54, 1.807) is 0 Å². The van der Waals surface area contributed by atoms with Gasteiger partial charge < -0.3 is 0 Å². The lowest BCUT2D eigenvalue weighted by molar-refractivity contribution is -0.0750. The van der Waals surface area contributed by atoms with E-state index in [-0.39, 0.29) is 0 Å². The van der Waals surface area contributed by atoms with Crippen molar-refractivity contribution < 1.29 is 0 Å². The van der Waals surface area contributed by atoms with Gasteiger partial charge in [0.15, 0.2) is 0 Å². The minimum atomic E-state index is 0.675. The highest BCUT2D eigenvalue weighted by molar-refractivity contribution is 5.07. The third-order valence-corrected chi connectivity index (χ3v) is 3.97. The zero-order chi connectivity index (χ0) is 7.35. The van der Waals surface area contributed by atoms with Crippen LogP contribution >= 0.6 is 0 Å². The van der Waals surface area contributed by atoms with Crippen molar-refractivity contribution >= 4 is 0 Å². The molecule has 3 rings (SSSR count). The quantitative estimate of drug-likeness (QED) is 0.481. The summed E-state index contributed by atoms with van der Waals surface area (Å²) in [6.45, 7) is 7.26. The van der Waals surface area contributed by atoms with Gasteiger partial charge in [-0.25, -0.2) is 0 Å². The summed E-state index contributed by atoms with van der Waals surface area (Å²) < 4.78 is 0. The monoisotopic (exact) mass is 137 g/mol. The molecule has 0 amide bonds. The summed E-state index contributed by atoms with van der Waals surface area (Å²) in [5.41, 5.74) is 0.675. The summed E-state index contributed by atoms with van der Waals surface area (Å²) in [5.74, 6) is 2.92. The van der Waals surface area contributed by atoms with Crippen molar-refractivity contribution in [3.05, 3.63) is 6.42 Å². The fraction of sp³-hybridized carbons (Fsp3) is 0.900. The highest BCUT2D eigenvalue weighted by Gasteiger charge is 2.52. The second kappa shape index (κ2) is 1.78. The maximum atomic E-state index is 2.52. The van der Waals surface area contributed by atoms with Crippen LogP contribution in [-0.4, -0.2) is 0 Å². The van der Waals surface area contributed by atoms with Crippen LogP contribution in [0.2, 0.25) is 0 Å². The first-order valence-electron chi connectivity index (χ1n) is 4.45. The van der Waals surface area contributed by atoms with Crippen molar-refractivity contribution in [2.45, 2.75) is 33.6 Å². The van der Waals surface area contributed by atoms with Gasteiger partial charge in [0, 0.05) is 0 Å². The van der Waals surface area contributed by atoms with Crippen molar-refractivity contribution in [1.82, 2.24) is 0 Å². The fourth-order valence-corrected chi connectivity index (χ4v) is 2.89. The lowest BCUT2D eigenvalue weighted by Gasteiger charge is -2.59. The molecule has 3 atom stereocenters. The van der Waals surface area contributed by atoms with Crippen LogP contribution < -0.4 is 0 Å². The average molecular weight is 137 g/mol. The molecule has 0 saturated heterocycles. The lowest BCUT2D eigenvalue weighted by atomic mass is 9.46. The lowest BCUT2D eigenvalue weighted by Crippen LogP contribution is -2.51. The van der Waals surface area contributed by atoms with Gasteiger partial charge in [0.2, 0.25) is 0 Å². The largest absolute Gasteiger partial charge is 0.0619 e. The topological polar surface area (TPSA) is 0 Å². The zero-order valence-corrected chi connectivity index (χ0v) is 7.22. The van der Waals surface area contributed by atoms with E-state index in [1.165, 1.54) is 12.8 Å². The smallest absolute Gasteiger partial charge is 0.0295 e. The predicted molar refractivity (Wildman–Crippen MR) is 43.5 cm³/mol. The molecule has 10 heavy (non-hydrogen) atoms. The summed E-state index contributed by atoms with van der Waals surface area (Å²) >= 11 is 0. The number of rotatable bonds is 0. The molecule has 0 heterocycles. The van der Waals surface area contributed by atoms with Gasteiger partial charge in [-0.1, -0.05) is 20.8 Å². The second-order valence-corrected chi connectivity index (χ2v) is 4.69. The first kappa shape index (κ1) is 6.69. The van der Waals surface area contributed by atoms with Crippen LogP contribution in [0.4, 0.5) is 0 Å². The number of hydrogen-bond acceptors (Lipinski definition) is 0. The van der Waals surface area contributed by atoms with Gasteiger partial charge in [-0.2, -0.15) is 0 Å². The molecule has 3 aliphatic rings. The highest BCUT2D eigenvalue weighted by atomic mass is 14.6. The van der Waals surface area contributed by atoms with E-state index >= 15 is 0 Å². The molecule has 1 radical (unpaired) electrons. The van der Waals surface area contributed by atoms with Gasteiger partial charge in [0.05, 0.1) is 0 Å². The molecule has 0 heteroatoms. The summed E-state index contributed by atoms with van der Waals surface area (Å²) in [6, 6.07) is 0. The molecule has 3 fully saturated rings. The Kier molecular flexibility index (Phi) is 1.19. The minimum Gasteiger partial charge on any atom is -0.0619 e. The molecule has 2 bridgehead atoms. The van der Waals surface area contributed by atoms with E-state index < -0.39 is 0 Å². The van der Waals surface area contributed by atoms with Crippen molar-refractivity contribution in [3.8, 4) is 0 Å². The molecular formula is C10H17. The third kappa shape index (κ3) is 0.627. The molecule has 0 N–H and O–H groups in total. The molecule has 3 saturated carbocycles. The Morgan fingerprint density at radius 2 is 2.10 bits per heavy atom. The van der Waals surface area contributed by atoms with Gasteiger partial charge >= 0.3 is 0 Å². The number of hydrogen-bond donors (Lipinski definition) is 0. The van der Waals surface area contributed by atoms with Gasteiger partial charge in [-0.15, -0.1) is 0 Å². The van der Waals surface area contributed by atoms with Gasteiger partial charge in [-0.3, -0.25) is 0 Å². The summed E-state index contributed by atoms with van der Waals surface area (Å²) in [5, 5.41) is 0. The molecule has 0 aromatic carbocycles.